The number of hydrogen-bond donors (Lipinski definition) is 2. The van der Waals surface area contributed by atoms with Crippen LogP contribution in [-0.2, 0) is 34.0 Å². The predicted octanol–water partition coefficient (Wildman–Crippen LogP) is 6.90. The van der Waals surface area contributed by atoms with Crippen LogP contribution in [0.1, 0.15) is 81.4 Å². The van der Waals surface area contributed by atoms with Gasteiger partial charge in [-0.25, -0.2) is 0 Å². The molecule has 0 aromatic heterocycles. The molecule has 0 spiro atoms. The van der Waals surface area contributed by atoms with Gasteiger partial charge < -0.3 is 48.3 Å². The van der Waals surface area contributed by atoms with Crippen LogP contribution in [0, 0.1) is 10.8 Å². The zero-order chi connectivity index (χ0) is 34.4. The number of nitrogens with one attached hydrogen (secondary N) is 1. The Morgan fingerprint density at radius 3 is 1.65 bits per heavy atom. The maximum atomic E-state index is 13.5. The second-order valence-corrected chi connectivity index (χ2v) is 14.1. The molecule has 3 aromatic rings. The van der Waals surface area contributed by atoms with Crippen LogP contribution < -0.4 is 14.8 Å². The highest BCUT2D eigenvalue weighted by Gasteiger charge is 2.42. The second-order valence-electron chi connectivity index (χ2n) is 14.1. The zero-order valence-corrected chi connectivity index (χ0v) is 29.3. The summed E-state index contributed by atoms with van der Waals surface area (Å²) in [6, 6.07) is 18.9. The van der Waals surface area contributed by atoms with Gasteiger partial charge in [0, 0.05) is 59.5 Å². The number of aliphatic hydroxyl groups is 1. The van der Waals surface area contributed by atoms with E-state index in [9.17, 15) is 5.11 Å². The highest BCUT2D eigenvalue weighted by molar-refractivity contribution is 5.60. The molecule has 2 fully saturated rings. The third kappa shape index (κ3) is 8.31. The summed E-state index contributed by atoms with van der Waals surface area (Å²) < 4.78 is 47.6. The van der Waals surface area contributed by atoms with Gasteiger partial charge in [0.05, 0.1) is 26.4 Å². The molecule has 2 saturated heterocycles. The van der Waals surface area contributed by atoms with Crippen LogP contribution in [0.5, 0.6) is 11.5 Å². The normalized spacial score (nSPS) is 18.4. The smallest absolute Gasteiger partial charge is 0.188 e. The van der Waals surface area contributed by atoms with Crippen LogP contribution in [0.15, 0.2) is 60.7 Å². The number of methoxy groups -OCH3 is 2. The molecule has 48 heavy (non-hydrogen) atoms. The van der Waals surface area contributed by atoms with Gasteiger partial charge in [-0.1, -0.05) is 58.9 Å². The lowest BCUT2D eigenvalue weighted by Crippen LogP contribution is -2.35. The van der Waals surface area contributed by atoms with Gasteiger partial charge in [-0.05, 0) is 48.4 Å². The Labute approximate surface area is 284 Å². The van der Waals surface area contributed by atoms with E-state index in [0.717, 1.165) is 29.8 Å². The first-order chi connectivity index (χ1) is 23.0. The van der Waals surface area contributed by atoms with Crippen molar-refractivity contribution in [2.75, 3.05) is 66.1 Å². The average Bonchev–Trinajstić information content (AvgIpc) is 3.08. The molecule has 0 amide bonds. The van der Waals surface area contributed by atoms with E-state index in [4.69, 9.17) is 37.9 Å². The maximum absolute atomic E-state index is 13.5. The summed E-state index contributed by atoms with van der Waals surface area (Å²) in [6.07, 6.45) is -0.310. The van der Waals surface area contributed by atoms with E-state index in [0.29, 0.717) is 54.6 Å². The highest BCUT2D eigenvalue weighted by Crippen LogP contribution is 2.48. The molecule has 2 aliphatic rings. The largest absolute Gasteiger partial charge is 0.467 e. The van der Waals surface area contributed by atoms with Crippen molar-refractivity contribution in [1.29, 1.82) is 0 Å². The Hall–Kier alpha value is -3.22. The molecular formula is C38H51NO9. The summed E-state index contributed by atoms with van der Waals surface area (Å²) in [6.45, 7) is 13.3. The first-order valence-corrected chi connectivity index (χ1v) is 16.6. The Kier molecular flexibility index (Phi) is 11.7. The molecule has 2 aliphatic heterocycles. The monoisotopic (exact) mass is 665 g/mol. The van der Waals surface area contributed by atoms with Gasteiger partial charge in [0.2, 0.25) is 0 Å². The van der Waals surface area contributed by atoms with Gasteiger partial charge in [0.25, 0.3) is 0 Å². The first-order valence-electron chi connectivity index (χ1n) is 16.6. The summed E-state index contributed by atoms with van der Waals surface area (Å²) in [5, 5.41) is 17.0. The van der Waals surface area contributed by atoms with Crippen molar-refractivity contribution in [3.8, 4) is 11.5 Å². The molecule has 0 unspecified atom stereocenters. The molecule has 0 radical (unpaired) electrons. The first kappa shape index (κ1) is 36.1. The molecule has 5 rings (SSSR count). The number of anilines is 1. The summed E-state index contributed by atoms with van der Waals surface area (Å²) in [5.41, 5.74) is 1.77. The van der Waals surface area contributed by atoms with E-state index in [1.54, 1.807) is 14.2 Å². The van der Waals surface area contributed by atoms with Crippen LogP contribution in [0.25, 0.3) is 0 Å². The second kappa shape index (κ2) is 15.6. The van der Waals surface area contributed by atoms with Crippen molar-refractivity contribution in [1.82, 2.24) is 0 Å². The van der Waals surface area contributed by atoms with E-state index in [1.807, 2.05) is 60.7 Å². The number of hydrogen-bond acceptors (Lipinski definition) is 10. The molecule has 2 N–H and O–H groups in total. The third-order valence-corrected chi connectivity index (χ3v) is 8.36. The lowest BCUT2D eigenvalue weighted by molar-refractivity contribution is -0.226. The Balaban J connectivity index is 1.73. The molecule has 0 bridgehead atoms. The molecular weight excluding hydrogens is 614 g/mol. The standard InChI is InChI=1S/C38H51NO9/c1-8-16-39-29-11-9-10-28(19-29)38(40,30-17-26(12-14-32(30)47-24-41-6)34-43-20-36(2,3)21-44-34)31-18-27(13-15-33(31)48-25-42-7)35-45-22-37(4,5)23-46-35/h9-15,17-19,34-35,39-40H,8,16,20-25H2,1-7H3. The van der Waals surface area contributed by atoms with Gasteiger partial charge in [-0.2, -0.15) is 0 Å². The fourth-order valence-electron chi connectivity index (χ4n) is 5.80. The minimum atomic E-state index is -1.83. The molecule has 0 saturated carbocycles. The van der Waals surface area contributed by atoms with E-state index in [-0.39, 0.29) is 24.4 Å². The maximum Gasteiger partial charge on any atom is 0.188 e. The van der Waals surface area contributed by atoms with Crippen LogP contribution in [0.2, 0.25) is 0 Å². The quantitative estimate of drug-likeness (QED) is 0.140. The van der Waals surface area contributed by atoms with Gasteiger partial charge in [-0.15, -0.1) is 0 Å². The summed E-state index contributed by atoms with van der Waals surface area (Å²) >= 11 is 0. The Morgan fingerprint density at radius 1 is 0.729 bits per heavy atom. The fourth-order valence-corrected chi connectivity index (χ4v) is 5.80. The number of ether oxygens (including phenoxy) is 8. The van der Waals surface area contributed by atoms with Crippen molar-refractivity contribution in [3.05, 3.63) is 88.5 Å². The molecule has 262 valence electrons. The Morgan fingerprint density at radius 2 is 1.21 bits per heavy atom. The third-order valence-electron chi connectivity index (χ3n) is 8.36. The van der Waals surface area contributed by atoms with Gasteiger partial charge in [0.15, 0.2) is 26.2 Å². The van der Waals surface area contributed by atoms with E-state index < -0.39 is 18.2 Å². The summed E-state index contributed by atoms with van der Waals surface area (Å²) in [5.74, 6) is 0.836. The molecule has 10 nitrogen and oxygen atoms in total. The summed E-state index contributed by atoms with van der Waals surface area (Å²) in [7, 11) is 3.11. The van der Waals surface area contributed by atoms with Gasteiger partial charge in [-0.3, -0.25) is 0 Å². The number of rotatable bonds is 14. The van der Waals surface area contributed by atoms with Crippen LogP contribution in [-0.4, -0.2) is 65.9 Å². The predicted molar refractivity (Wildman–Crippen MR) is 182 cm³/mol. The van der Waals surface area contributed by atoms with Crippen molar-refractivity contribution in [3.63, 3.8) is 0 Å². The van der Waals surface area contributed by atoms with Gasteiger partial charge >= 0.3 is 0 Å². The van der Waals surface area contributed by atoms with E-state index in [2.05, 4.69) is 39.9 Å². The van der Waals surface area contributed by atoms with Crippen LogP contribution in [0.4, 0.5) is 5.69 Å². The van der Waals surface area contributed by atoms with Crippen LogP contribution in [0.3, 0.4) is 0 Å². The number of benzene rings is 3. The van der Waals surface area contributed by atoms with Crippen molar-refractivity contribution in [2.24, 2.45) is 10.8 Å². The SMILES string of the molecule is CCCNc1cccc(C(O)(c2cc(C3OCC(C)(C)CO3)ccc2OCOC)c2cc(C3OCC(C)(C)CO3)ccc2OCOC)c1. The molecule has 0 atom stereocenters. The fraction of sp³-hybridized carbons (Fsp3) is 0.526. The lowest BCUT2D eigenvalue weighted by Gasteiger charge is -2.37. The van der Waals surface area contributed by atoms with Gasteiger partial charge in [0.1, 0.15) is 17.1 Å². The van der Waals surface area contributed by atoms with Crippen molar-refractivity contribution >= 4 is 5.69 Å². The topological polar surface area (TPSA) is 106 Å². The molecule has 0 aliphatic carbocycles. The minimum absolute atomic E-state index is 0.0300. The van der Waals surface area contributed by atoms with E-state index in [1.165, 1.54) is 0 Å². The summed E-state index contributed by atoms with van der Waals surface area (Å²) in [4.78, 5) is 0. The van der Waals surface area contributed by atoms with Crippen LogP contribution >= 0.6 is 0 Å². The van der Waals surface area contributed by atoms with E-state index >= 15 is 0 Å². The average molecular weight is 666 g/mol. The molecule has 2 heterocycles. The van der Waals surface area contributed by atoms with Crippen molar-refractivity contribution in [2.45, 2.75) is 59.2 Å². The van der Waals surface area contributed by atoms with Crippen molar-refractivity contribution < 1.29 is 43.0 Å². The highest BCUT2D eigenvalue weighted by atomic mass is 16.7. The molecule has 3 aromatic carbocycles. The molecule has 10 heteroatoms. The minimum Gasteiger partial charge on any atom is -0.467 e. The zero-order valence-electron chi connectivity index (χ0n) is 29.3. The Bertz CT molecular complexity index is 1400. The lowest BCUT2D eigenvalue weighted by atomic mass is 9.78.